The first-order valence-electron chi connectivity index (χ1n) is 7.27. The second kappa shape index (κ2) is 5.87. The molecule has 0 fully saturated rings. The SMILES string of the molecule is CC(C)(C)OC(=O)n1c(-c2cncc(Cl)n2)cc2c(F)cccc21. The molecular weight excluding hydrogens is 333 g/mol. The summed E-state index contributed by atoms with van der Waals surface area (Å²) in [6.07, 6.45) is 2.21. The van der Waals surface area contributed by atoms with Crippen molar-refractivity contribution in [3.05, 3.63) is 47.6 Å². The maximum atomic E-state index is 14.1. The Kier molecular flexibility index (Phi) is 4.01. The fraction of sp³-hybridized carbons (Fsp3) is 0.235. The van der Waals surface area contributed by atoms with Crippen LogP contribution in [0.3, 0.4) is 0 Å². The summed E-state index contributed by atoms with van der Waals surface area (Å²) < 4.78 is 20.9. The number of fused-ring (bicyclic) bond motifs is 1. The molecule has 0 aliphatic heterocycles. The van der Waals surface area contributed by atoms with Crippen LogP contribution < -0.4 is 0 Å². The monoisotopic (exact) mass is 347 g/mol. The molecule has 0 aliphatic carbocycles. The Bertz CT molecular complexity index is 931. The van der Waals surface area contributed by atoms with E-state index < -0.39 is 17.5 Å². The van der Waals surface area contributed by atoms with E-state index in [1.54, 1.807) is 26.8 Å². The van der Waals surface area contributed by atoms with E-state index in [1.807, 2.05) is 0 Å². The molecule has 2 aromatic heterocycles. The third-order valence-corrected chi connectivity index (χ3v) is 3.42. The smallest absolute Gasteiger partial charge is 0.419 e. The number of benzene rings is 1. The van der Waals surface area contributed by atoms with Crippen LogP contribution in [0.15, 0.2) is 36.7 Å². The fourth-order valence-electron chi connectivity index (χ4n) is 2.35. The third-order valence-electron chi connectivity index (χ3n) is 3.24. The van der Waals surface area contributed by atoms with Crippen molar-refractivity contribution in [2.75, 3.05) is 0 Å². The van der Waals surface area contributed by atoms with Crippen molar-refractivity contribution in [3.63, 3.8) is 0 Å². The van der Waals surface area contributed by atoms with Crippen molar-refractivity contribution in [2.24, 2.45) is 0 Å². The van der Waals surface area contributed by atoms with Gasteiger partial charge >= 0.3 is 6.09 Å². The van der Waals surface area contributed by atoms with Gasteiger partial charge in [0.15, 0.2) is 0 Å². The molecule has 0 saturated heterocycles. The average molecular weight is 348 g/mol. The summed E-state index contributed by atoms with van der Waals surface area (Å²) in [5.74, 6) is -0.439. The number of nitrogens with zero attached hydrogens (tertiary/aromatic N) is 3. The fourth-order valence-corrected chi connectivity index (χ4v) is 2.50. The van der Waals surface area contributed by atoms with Gasteiger partial charge in [0, 0.05) is 5.39 Å². The first-order valence-corrected chi connectivity index (χ1v) is 7.65. The van der Waals surface area contributed by atoms with Gasteiger partial charge in [-0.1, -0.05) is 17.7 Å². The van der Waals surface area contributed by atoms with Gasteiger partial charge in [-0.3, -0.25) is 4.98 Å². The molecule has 0 amide bonds. The Labute approximate surface area is 143 Å². The summed E-state index contributed by atoms with van der Waals surface area (Å²) in [5, 5.41) is 0.467. The molecular formula is C17H15ClFN3O2. The van der Waals surface area contributed by atoms with Crippen molar-refractivity contribution >= 4 is 28.6 Å². The zero-order valence-corrected chi connectivity index (χ0v) is 14.1. The van der Waals surface area contributed by atoms with E-state index in [-0.39, 0.29) is 5.15 Å². The molecule has 124 valence electrons. The summed E-state index contributed by atoms with van der Waals surface area (Å²) in [6.45, 7) is 5.28. The Hall–Kier alpha value is -2.47. The van der Waals surface area contributed by atoms with Crippen molar-refractivity contribution in [3.8, 4) is 11.4 Å². The van der Waals surface area contributed by atoms with Crippen molar-refractivity contribution in [1.82, 2.24) is 14.5 Å². The quantitative estimate of drug-likeness (QED) is 0.641. The van der Waals surface area contributed by atoms with Gasteiger partial charge in [0.2, 0.25) is 0 Å². The minimum absolute atomic E-state index is 0.175. The number of carbonyl (C=O) groups is 1. The first-order chi connectivity index (χ1) is 11.3. The topological polar surface area (TPSA) is 57.0 Å². The zero-order chi connectivity index (χ0) is 17.5. The molecule has 1 aromatic carbocycles. The van der Waals surface area contributed by atoms with Gasteiger partial charge in [-0.2, -0.15) is 0 Å². The van der Waals surface area contributed by atoms with Crippen LogP contribution in [0.2, 0.25) is 5.15 Å². The van der Waals surface area contributed by atoms with Gasteiger partial charge in [0.25, 0.3) is 0 Å². The van der Waals surface area contributed by atoms with Crippen LogP contribution in [0.1, 0.15) is 20.8 Å². The first kappa shape index (κ1) is 16.4. The Morgan fingerprint density at radius 2 is 2.04 bits per heavy atom. The average Bonchev–Trinajstić information content (AvgIpc) is 2.86. The highest BCUT2D eigenvalue weighted by Gasteiger charge is 2.24. The van der Waals surface area contributed by atoms with E-state index in [0.717, 1.165) is 0 Å². The molecule has 0 unspecified atom stereocenters. The van der Waals surface area contributed by atoms with Crippen LogP contribution in [0.4, 0.5) is 9.18 Å². The van der Waals surface area contributed by atoms with E-state index in [0.29, 0.717) is 22.3 Å². The lowest BCUT2D eigenvalue weighted by molar-refractivity contribution is 0.0547. The summed E-state index contributed by atoms with van der Waals surface area (Å²) in [6, 6.07) is 6.04. The predicted octanol–water partition coefficient (Wildman–Crippen LogP) is 4.67. The van der Waals surface area contributed by atoms with Gasteiger partial charge in [0.1, 0.15) is 22.3 Å². The second-order valence-electron chi connectivity index (χ2n) is 6.25. The van der Waals surface area contributed by atoms with Crippen LogP contribution in [0.25, 0.3) is 22.3 Å². The highest BCUT2D eigenvalue weighted by molar-refractivity contribution is 6.29. The van der Waals surface area contributed by atoms with Gasteiger partial charge in [-0.15, -0.1) is 0 Å². The summed E-state index contributed by atoms with van der Waals surface area (Å²) in [7, 11) is 0. The Morgan fingerprint density at radius 1 is 1.29 bits per heavy atom. The molecule has 5 nitrogen and oxygen atoms in total. The standard InChI is InChI=1S/C17H15ClFN3O2/c1-17(2,3)24-16(23)22-13-6-4-5-11(19)10(13)7-14(22)12-8-20-9-15(18)21-12/h4-9H,1-3H3. The molecule has 0 spiro atoms. The van der Waals surface area contributed by atoms with Crippen molar-refractivity contribution in [1.29, 1.82) is 0 Å². The lowest BCUT2D eigenvalue weighted by atomic mass is 10.2. The molecule has 24 heavy (non-hydrogen) atoms. The Balaban J connectivity index is 2.26. The van der Waals surface area contributed by atoms with E-state index in [1.165, 1.54) is 35.2 Å². The maximum absolute atomic E-state index is 14.1. The molecule has 0 atom stereocenters. The molecule has 0 aliphatic rings. The molecule has 0 radical (unpaired) electrons. The lowest BCUT2D eigenvalue weighted by Crippen LogP contribution is -2.27. The number of aromatic nitrogens is 3. The Morgan fingerprint density at radius 3 is 2.71 bits per heavy atom. The molecule has 0 N–H and O–H groups in total. The van der Waals surface area contributed by atoms with Crippen LogP contribution in [-0.4, -0.2) is 26.2 Å². The summed E-state index contributed by atoms with van der Waals surface area (Å²) in [4.78, 5) is 20.8. The van der Waals surface area contributed by atoms with E-state index >= 15 is 0 Å². The van der Waals surface area contributed by atoms with Gasteiger partial charge in [0.05, 0.1) is 23.6 Å². The minimum Gasteiger partial charge on any atom is -0.443 e. The highest BCUT2D eigenvalue weighted by Crippen LogP contribution is 2.30. The number of hydrogen-bond donors (Lipinski definition) is 0. The van der Waals surface area contributed by atoms with Gasteiger partial charge < -0.3 is 4.74 Å². The van der Waals surface area contributed by atoms with Crippen LogP contribution in [-0.2, 0) is 4.74 Å². The molecule has 0 bridgehead atoms. The molecule has 3 aromatic rings. The van der Waals surface area contributed by atoms with Gasteiger partial charge in [-0.05, 0) is 39.0 Å². The normalized spacial score (nSPS) is 11.7. The van der Waals surface area contributed by atoms with Crippen molar-refractivity contribution in [2.45, 2.75) is 26.4 Å². The minimum atomic E-state index is -0.696. The molecule has 0 saturated carbocycles. The van der Waals surface area contributed by atoms with E-state index in [9.17, 15) is 9.18 Å². The van der Waals surface area contributed by atoms with Gasteiger partial charge in [-0.25, -0.2) is 18.7 Å². The van der Waals surface area contributed by atoms with Crippen LogP contribution in [0, 0.1) is 5.82 Å². The van der Waals surface area contributed by atoms with Crippen LogP contribution >= 0.6 is 11.6 Å². The second-order valence-corrected chi connectivity index (χ2v) is 6.63. The number of ether oxygens (including phenoxy) is 1. The number of carbonyl (C=O) groups excluding carboxylic acids is 1. The maximum Gasteiger partial charge on any atom is 0.419 e. The van der Waals surface area contributed by atoms with E-state index in [2.05, 4.69) is 9.97 Å². The zero-order valence-electron chi connectivity index (χ0n) is 13.4. The highest BCUT2D eigenvalue weighted by atomic mass is 35.5. The molecule has 2 heterocycles. The number of halogens is 2. The molecule has 7 heteroatoms. The molecule has 3 rings (SSSR count). The van der Waals surface area contributed by atoms with Crippen molar-refractivity contribution < 1.29 is 13.9 Å². The number of rotatable bonds is 1. The number of hydrogen-bond acceptors (Lipinski definition) is 4. The third kappa shape index (κ3) is 3.10. The summed E-state index contributed by atoms with van der Waals surface area (Å²) >= 11 is 5.89. The summed E-state index contributed by atoms with van der Waals surface area (Å²) in [5.41, 5.74) is 0.405. The van der Waals surface area contributed by atoms with E-state index in [4.69, 9.17) is 16.3 Å². The largest absolute Gasteiger partial charge is 0.443 e. The van der Waals surface area contributed by atoms with Crippen LogP contribution in [0.5, 0.6) is 0 Å². The predicted molar refractivity (Wildman–Crippen MR) is 89.6 cm³/mol. The lowest BCUT2D eigenvalue weighted by Gasteiger charge is -2.20.